The standard InChI is InChI=1S/C18H25NO5/c1-4-14(24-16-8-6-5-7-15(16)22-2)17(20)19-11-9-13(10-12-19)18(21)23-3/h5-8,13-14H,4,9-12H2,1-3H3/t14-/m0/s1. The molecule has 0 unspecified atom stereocenters. The first-order valence-electron chi connectivity index (χ1n) is 8.27. The summed E-state index contributed by atoms with van der Waals surface area (Å²) in [4.78, 5) is 26.1. The first-order chi connectivity index (χ1) is 11.6. The van der Waals surface area contributed by atoms with Crippen LogP contribution >= 0.6 is 0 Å². The highest BCUT2D eigenvalue weighted by atomic mass is 16.5. The van der Waals surface area contributed by atoms with Crippen molar-refractivity contribution in [1.29, 1.82) is 0 Å². The van der Waals surface area contributed by atoms with Crippen molar-refractivity contribution < 1.29 is 23.8 Å². The Balaban J connectivity index is 1.98. The molecular weight excluding hydrogens is 310 g/mol. The fourth-order valence-corrected chi connectivity index (χ4v) is 2.88. The summed E-state index contributed by atoms with van der Waals surface area (Å²) >= 11 is 0. The predicted molar refractivity (Wildman–Crippen MR) is 89.0 cm³/mol. The second kappa shape index (κ2) is 8.57. The number of esters is 1. The summed E-state index contributed by atoms with van der Waals surface area (Å²) in [7, 11) is 2.97. The summed E-state index contributed by atoms with van der Waals surface area (Å²) in [6, 6.07) is 7.29. The van der Waals surface area contributed by atoms with E-state index in [1.165, 1.54) is 7.11 Å². The van der Waals surface area contributed by atoms with E-state index in [0.29, 0.717) is 43.9 Å². The Labute approximate surface area is 142 Å². The monoisotopic (exact) mass is 335 g/mol. The van der Waals surface area contributed by atoms with Crippen molar-refractivity contribution in [1.82, 2.24) is 4.90 Å². The van der Waals surface area contributed by atoms with E-state index in [-0.39, 0.29) is 17.8 Å². The number of carbonyl (C=O) groups excluding carboxylic acids is 2. The summed E-state index contributed by atoms with van der Waals surface area (Å²) in [6.07, 6.45) is 1.26. The van der Waals surface area contributed by atoms with E-state index in [9.17, 15) is 9.59 Å². The minimum Gasteiger partial charge on any atom is -0.493 e. The van der Waals surface area contributed by atoms with Crippen LogP contribution in [0.25, 0.3) is 0 Å². The Morgan fingerprint density at radius 2 is 1.79 bits per heavy atom. The average molecular weight is 335 g/mol. The minimum absolute atomic E-state index is 0.0493. The molecule has 1 aliphatic rings. The van der Waals surface area contributed by atoms with Crippen LogP contribution in [0.4, 0.5) is 0 Å². The van der Waals surface area contributed by atoms with E-state index in [1.807, 2.05) is 19.1 Å². The van der Waals surface area contributed by atoms with Crippen molar-refractivity contribution in [2.45, 2.75) is 32.3 Å². The van der Waals surface area contributed by atoms with Gasteiger partial charge in [0.1, 0.15) is 0 Å². The summed E-state index contributed by atoms with van der Waals surface area (Å²) < 4.78 is 15.9. The van der Waals surface area contributed by atoms with E-state index in [0.717, 1.165) is 0 Å². The van der Waals surface area contributed by atoms with Crippen molar-refractivity contribution in [2.24, 2.45) is 5.92 Å². The van der Waals surface area contributed by atoms with Crippen LogP contribution in [0.15, 0.2) is 24.3 Å². The van der Waals surface area contributed by atoms with Gasteiger partial charge in [-0.2, -0.15) is 0 Å². The molecule has 1 heterocycles. The van der Waals surface area contributed by atoms with Crippen molar-refractivity contribution in [3.8, 4) is 11.5 Å². The van der Waals surface area contributed by atoms with Crippen LogP contribution in [0.3, 0.4) is 0 Å². The van der Waals surface area contributed by atoms with Gasteiger partial charge in [-0.3, -0.25) is 9.59 Å². The molecule has 132 valence electrons. The highest BCUT2D eigenvalue weighted by molar-refractivity contribution is 5.82. The third-order valence-corrected chi connectivity index (χ3v) is 4.33. The van der Waals surface area contributed by atoms with Gasteiger partial charge in [0.05, 0.1) is 20.1 Å². The molecule has 1 fully saturated rings. The number of rotatable bonds is 6. The average Bonchev–Trinajstić information content (AvgIpc) is 2.65. The number of hydrogen-bond acceptors (Lipinski definition) is 5. The molecule has 0 bridgehead atoms. The third-order valence-electron chi connectivity index (χ3n) is 4.33. The summed E-state index contributed by atoms with van der Waals surface area (Å²) in [5, 5.41) is 0. The SMILES string of the molecule is CC[C@H](Oc1ccccc1OC)C(=O)N1CCC(C(=O)OC)CC1. The maximum absolute atomic E-state index is 12.7. The molecule has 0 aliphatic carbocycles. The van der Waals surface area contributed by atoms with Crippen LogP contribution in [0, 0.1) is 5.92 Å². The van der Waals surface area contributed by atoms with Crippen molar-refractivity contribution >= 4 is 11.9 Å². The maximum atomic E-state index is 12.7. The largest absolute Gasteiger partial charge is 0.493 e. The molecule has 0 spiro atoms. The molecule has 0 N–H and O–H groups in total. The summed E-state index contributed by atoms with van der Waals surface area (Å²) in [5.74, 6) is 0.804. The van der Waals surface area contributed by atoms with Crippen LogP contribution < -0.4 is 9.47 Å². The molecule has 1 aromatic rings. The predicted octanol–water partition coefficient (Wildman–Crippen LogP) is 2.26. The number of carbonyl (C=O) groups is 2. The van der Waals surface area contributed by atoms with Gasteiger partial charge in [0.25, 0.3) is 5.91 Å². The van der Waals surface area contributed by atoms with Gasteiger partial charge >= 0.3 is 5.97 Å². The summed E-state index contributed by atoms with van der Waals surface area (Å²) in [5.41, 5.74) is 0. The van der Waals surface area contributed by atoms with Crippen LogP contribution in [0.5, 0.6) is 11.5 Å². The van der Waals surface area contributed by atoms with Crippen LogP contribution in [0.1, 0.15) is 26.2 Å². The number of piperidine rings is 1. The number of methoxy groups -OCH3 is 2. The number of para-hydroxylation sites is 2. The first kappa shape index (κ1) is 18.1. The van der Waals surface area contributed by atoms with E-state index in [4.69, 9.17) is 14.2 Å². The number of likely N-dealkylation sites (tertiary alicyclic amines) is 1. The highest BCUT2D eigenvalue weighted by Gasteiger charge is 2.31. The lowest BCUT2D eigenvalue weighted by Gasteiger charge is -2.33. The molecule has 6 nitrogen and oxygen atoms in total. The molecule has 6 heteroatoms. The molecule has 24 heavy (non-hydrogen) atoms. The van der Waals surface area contributed by atoms with Gasteiger partial charge in [0.2, 0.25) is 0 Å². The lowest BCUT2D eigenvalue weighted by molar-refractivity contribution is -0.150. The second-order valence-electron chi connectivity index (χ2n) is 5.79. The van der Waals surface area contributed by atoms with Crippen LogP contribution in [0.2, 0.25) is 0 Å². The van der Waals surface area contributed by atoms with Crippen molar-refractivity contribution in [3.63, 3.8) is 0 Å². The quantitative estimate of drug-likeness (QED) is 0.746. The van der Waals surface area contributed by atoms with Gasteiger partial charge in [-0.15, -0.1) is 0 Å². The lowest BCUT2D eigenvalue weighted by Crippen LogP contribution is -2.46. The fourth-order valence-electron chi connectivity index (χ4n) is 2.88. The van der Waals surface area contributed by atoms with Crippen molar-refractivity contribution in [3.05, 3.63) is 24.3 Å². The van der Waals surface area contributed by atoms with E-state index in [1.54, 1.807) is 24.1 Å². The van der Waals surface area contributed by atoms with Gasteiger partial charge in [-0.1, -0.05) is 19.1 Å². The zero-order valence-electron chi connectivity index (χ0n) is 14.5. The maximum Gasteiger partial charge on any atom is 0.308 e. The molecule has 1 saturated heterocycles. The number of amides is 1. The molecular formula is C18H25NO5. The third kappa shape index (κ3) is 4.19. The number of hydrogen-bond donors (Lipinski definition) is 0. The fraction of sp³-hybridized carbons (Fsp3) is 0.556. The van der Waals surface area contributed by atoms with Gasteiger partial charge in [0.15, 0.2) is 17.6 Å². The molecule has 1 amide bonds. The number of nitrogens with zero attached hydrogens (tertiary/aromatic N) is 1. The van der Waals surface area contributed by atoms with Gasteiger partial charge in [-0.25, -0.2) is 0 Å². The molecule has 1 aromatic carbocycles. The van der Waals surface area contributed by atoms with Gasteiger partial charge in [0, 0.05) is 13.1 Å². The lowest BCUT2D eigenvalue weighted by atomic mass is 9.96. The molecule has 1 aliphatic heterocycles. The zero-order valence-corrected chi connectivity index (χ0v) is 14.5. The first-order valence-corrected chi connectivity index (χ1v) is 8.27. The second-order valence-corrected chi connectivity index (χ2v) is 5.79. The Morgan fingerprint density at radius 1 is 1.17 bits per heavy atom. The Kier molecular flexibility index (Phi) is 6.46. The summed E-state index contributed by atoms with van der Waals surface area (Å²) in [6.45, 7) is 3.01. The minimum atomic E-state index is -0.559. The smallest absolute Gasteiger partial charge is 0.308 e. The van der Waals surface area contributed by atoms with E-state index >= 15 is 0 Å². The number of ether oxygens (including phenoxy) is 3. The topological polar surface area (TPSA) is 65.1 Å². The van der Waals surface area contributed by atoms with E-state index < -0.39 is 6.10 Å². The number of benzene rings is 1. The molecule has 0 radical (unpaired) electrons. The van der Waals surface area contributed by atoms with Gasteiger partial charge < -0.3 is 19.1 Å². The van der Waals surface area contributed by atoms with Crippen LogP contribution in [-0.2, 0) is 14.3 Å². The molecule has 1 atom stereocenters. The Hall–Kier alpha value is -2.24. The highest BCUT2D eigenvalue weighted by Crippen LogP contribution is 2.28. The van der Waals surface area contributed by atoms with E-state index in [2.05, 4.69) is 0 Å². The molecule has 0 aromatic heterocycles. The van der Waals surface area contributed by atoms with Crippen molar-refractivity contribution in [2.75, 3.05) is 27.3 Å². The van der Waals surface area contributed by atoms with Crippen LogP contribution in [-0.4, -0.2) is 50.2 Å². The normalized spacial score (nSPS) is 16.4. The van der Waals surface area contributed by atoms with Gasteiger partial charge in [-0.05, 0) is 31.4 Å². The molecule has 2 rings (SSSR count). The Bertz CT molecular complexity index is 566. The Morgan fingerprint density at radius 3 is 2.33 bits per heavy atom. The molecule has 0 saturated carbocycles. The zero-order chi connectivity index (χ0) is 17.5.